The minimum absolute atomic E-state index is 0.126. The molecule has 0 radical (unpaired) electrons. The lowest BCUT2D eigenvalue weighted by atomic mass is 10.0. The molecule has 0 unspecified atom stereocenters. The summed E-state index contributed by atoms with van der Waals surface area (Å²) < 4.78 is 19.5. The molecule has 5 aromatic heterocycles. The molecule has 0 aliphatic rings. The minimum Gasteiger partial charge on any atom is -0.497 e. The third-order valence-corrected chi connectivity index (χ3v) is 6.45. The predicted octanol–water partition coefficient (Wildman–Crippen LogP) is 4.88. The zero-order chi connectivity index (χ0) is 27.8. The normalized spacial score (nSPS) is 11.4. The molecule has 5 heterocycles. The number of halogens is 1. The molecular weight excluding hydrogens is 511 g/mol. The summed E-state index contributed by atoms with van der Waals surface area (Å²) in [7, 11) is 5.17. The van der Waals surface area contributed by atoms with Gasteiger partial charge in [-0.05, 0) is 50.0 Å². The van der Waals surface area contributed by atoms with Crippen molar-refractivity contribution in [1.82, 2.24) is 35.0 Å². The highest BCUT2D eigenvalue weighted by atomic mass is 19.1. The Morgan fingerprint density at radius 3 is 2.60 bits per heavy atom. The molecule has 0 aliphatic carbocycles. The van der Waals surface area contributed by atoms with Gasteiger partial charge in [-0.1, -0.05) is 0 Å². The number of fused-ring (bicyclic) bond motifs is 2. The lowest BCUT2D eigenvalue weighted by molar-refractivity contribution is -0.116. The molecule has 11 heteroatoms. The number of anilines is 1. The molecule has 0 saturated heterocycles. The molecule has 10 nitrogen and oxygen atoms in total. The van der Waals surface area contributed by atoms with Crippen molar-refractivity contribution in [2.45, 2.75) is 0 Å². The number of aromatic amines is 2. The molecule has 1 amide bonds. The van der Waals surface area contributed by atoms with E-state index in [1.807, 2.05) is 32.3 Å². The summed E-state index contributed by atoms with van der Waals surface area (Å²) >= 11 is 0. The zero-order valence-corrected chi connectivity index (χ0v) is 22.0. The van der Waals surface area contributed by atoms with Gasteiger partial charge in [0.2, 0.25) is 5.91 Å². The molecule has 6 rings (SSSR count). The molecule has 0 fully saturated rings. The molecule has 0 bridgehead atoms. The summed E-state index contributed by atoms with van der Waals surface area (Å²) in [5.41, 5.74) is 6.45. The van der Waals surface area contributed by atoms with Gasteiger partial charge in [0.15, 0.2) is 5.65 Å². The van der Waals surface area contributed by atoms with E-state index in [0.29, 0.717) is 28.3 Å². The Hall–Kier alpha value is -5.16. The van der Waals surface area contributed by atoms with Crippen molar-refractivity contribution < 1.29 is 13.9 Å². The molecular formula is C29H25FN8O2. The Labute approximate surface area is 228 Å². The molecule has 0 atom stereocenters. The first-order chi connectivity index (χ1) is 19.4. The summed E-state index contributed by atoms with van der Waals surface area (Å²) in [5.74, 6) is -0.0932. The lowest BCUT2D eigenvalue weighted by Gasteiger charge is -2.10. The number of aromatic nitrogens is 6. The monoisotopic (exact) mass is 536 g/mol. The number of nitrogens with one attached hydrogen (secondary N) is 3. The van der Waals surface area contributed by atoms with Crippen molar-refractivity contribution in [3.63, 3.8) is 0 Å². The number of methoxy groups -OCH3 is 1. The molecule has 3 N–H and O–H groups in total. The molecule has 200 valence electrons. The molecule has 0 aliphatic heterocycles. The first-order valence-electron chi connectivity index (χ1n) is 12.4. The number of carbonyl (C=O) groups excluding carboxylic acids is 1. The van der Waals surface area contributed by atoms with Gasteiger partial charge in [0.1, 0.15) is 17.3 Å². The van der Waals surface area contributed by atoms with Crippen molar-refractivity contribution in [1.29, 1.82) is 0 Å². The first-order valence-corrected chi connectivity index (χ1v) is 12.4. The number of nitrogens with zero attached hydrogens (tertiary/aromatic N) is 5. The van der Waals surface area contributed by atoms with Crippen LogP contribution in [0.3, 0.4) is 0 Å². The Kier molecular flexibility index (Phi) is 6.40. The van der Waals surface area contributed by atoms with E-state index in [-0.39, 0.29) is 12.5 Å². The standard InChI is InChI=1S/C29H25FN8O2/c1-38(2)15-27(39)34-20-5-17(10-31-12-20)18-7-23-28(36-37-29(23)33-11-18)25-9-22-24(13-32-14-26(22)35-25)16-4-19(30)8-21(6-16)40-3/h4-14,35H,15H2,1-3H3,(H,34,39)(H,33,36,37). The van der Waals surface area contributed by atoms with Crippen molar-refractivity contribution in [3.05, 3.63) is 73.2 Å². The predicted molar refractivity (Wildman–Crippen MR) is 151 cm³/mol. The topological polar surface area (TPSA) is 125 Å². The number of benzene rings is 1. The van der Waals surface area contributed by atoms with Crippen LogP contribution in [0.1, 0.15) is 0 Å². The van der Waals surface area contributed by atoms with Gasteiger partial charge < -0.3 is 19.9 Å². The second-order valence-electron chi connectivity index (χ2n) is 9.65. The lowest BCUT2D eigenvalue weighted by Crippen LogP contribution is -2.27. The number of hydrogen-bond donors (Lipinski definition) is 3. The second kappa shape index (κ2) is 10.2. The van der Waals surface area contributed by atoms with Gasteiger partial charge in [0.05, 0.1) is 42.9 Å². The summed E-state index contributed by atoms with van der Waals surface area (Å²) in [6, 6.07) is 10.4. The average molecular weight is 537 g/mol. The minimum atomic E-state index is -0.394. The number of likely N-dealkylation sites (N-methyl/N-ethyl adjacent to an activating group) is 1. The fraction of sp³-hybridized carbons (Fsp3) is 0.138. The third kappa shape index (κ3) is 4.85. The number of ether oxygens (including phenoxy) is 1. The van der Waals surface area contributed by atoms with E-state index in [1.54, 1.807) is 42.0 Å². The van der Waals surface area contributed by atoms with Crippen molar-refractivity contribution in [3.8, 4) is 39.4 Å². The van der Waals surface area contributed by atoms with Crippen molar-refractivity contribution >= 4 is 33.5 Å². The van der Waals surface area contributed by atoms with Crippen LogP contribution in [0, 0.1) is 5.82 Å². The van der Waals surface area contributed by atoms with Gasteiger partial charge in [0.25, 0.3) is 0 Å². The highest BCUT2D eigenvalue weighted by molar-refractivity contribution is 6.01. The number of hydrogen-bond acceptors (Lipinski definition) is 7. The maximum Gasteiger partial charge on any atom is 0.238 e. The van der Waals surface area contributed by atoms with Crippen LogP contribution in [0.5, 0.6) is 5.75 Å². The first kappa shape index (κ1) is 25.1. The number of amides is 1. The van der Waals surface area contributed by atoms with Gasteiger partial charge in [-0.3, -0.25) is 19.9 Å². The van der Waals surface area contributed by atoms with Crippen LogP contribution in [0.2, 0.25) is 0 Å². The summed E-state index contributed by atoms with van der Waals surface area (Å²) in [4.78, 5) is 30.6. The van der Waals surface area contributed by atoms with Crippen LogP contribution in [-0.4, -0.2) is 68.7 Å². The maximum atomic E-state index is 14.3. The quantitative estimate of drug-likeness (QED) is 0.266. The average Bonchev–Trinajstić information content (AvgIpc) is 3.56. The number of rotatable bonds is 7. The molecule has 1 aromatic carbocycles. The Bertz CT molecular complexity index is 1880. The van der Waals surface area contributed by atoms with E-state index < -0.39 is 5.82 Å². The van der Waals surface area contributed by atoms with E-state index in [2.05, 4.69) is 35.5 Å². The van der Waals surface area contributed by atoms with E-state index in [4.69, 9.17) is 4.74 Å². The van der Waals surface area contributed by atoms with Crippen LogP contribution in [-0.2, 0) is 4.79 Å². The molecule has 40 heavy (non-hydrogen) atoms. The van der Waals surface area contributed by atoms with E-state index >= 15 is 0 Å². The SMILES string of the molecule is COc1cc(F)cc(-c2cncc3[nH]c(-c4n[nH]c5ncc(-c6cncc(NC(=O)CN(C)C)c6)cc45)cc23)c1. The molecule has 0 spiro atoms. The van der Waals surface area contributed by atoms with Crippen LogP contribution in [0.4, 0.5) is 10.1 Å². The highest BCUT2D eigenvalue weighted by Crippen LogP contribution is 2.35. The third-order valence-electron chi connectivity index (χ3n) is 6.45. The Morgan fingerprint density at radius 2 is 1.77 bits per heavy atom. The maximum absolute atomic E-state index is 14.3. The molecule has 6 aromatic rings. The van der Waals surface area contributed by atoms with E-state index in [0.717, 1.165) is 38.7 Å². The van der Waals surface area contributed by atoms with Gasteiger partial charge in [-0.15, -0.1) is 0 Å². The fourth-order valence-corrected chi connectivity index (χ4v) is 4.67. The van der Waals surface area contributed by atoms with Gasteiger partial charge in [0, 0.05) is 52.1 Å². The zero-order valence-electron chi connectivity index (χ0n) is 22.0. The van der Waals surface area contributed by atoms with Crippen LogP contribution >= 0.6 is 0 Å². The van der Waals surface area contributed by atoms with Crippen LogP contribution < -0.4 is 10.1 Å². The van der Waals surface area contributed by atoms with Crippen molar-refractivity contribution in [2.24, 2.45) is 0 Å². The fourth-order valence-electron chi connectivity index (χ4n) is 4.67. The van der Waals surface area contributed by atoms with Gasteiger partial charge >= 0.3 is 0 Å². The van der Waals surface area contributed by atoms with Gasteiger partial charge in [-0.2, -0.15) is 5.10 Å². The van der Waals surface area contributed by atoms with Crippen LogP contribution in [0.25, 0.3) is 55.6 Å². The number of H-pyrrole nitrogens is 2. The largest absolute Gasteiger partial charge is 0.497 e. The Morgan fingerprint density at radius 1 is 0.950 bits per heavy atom. The smallest absolute Gasteiger partial charge is 0.238 e. The van der Waals surface area contributed by atoms with E-state index in [1.165, 1.54) is 19.2 Å². The summed E-state index contributed by atoms with van der Waals surface area (Å²) in [6.07, 6.45) is 8.49. The van der Waals surface area contributed by atoms with Crippen LogP contribution in [0.15, 0.2) is 67.4 Å². The van der Waals surface area contributed by atoms with Crippen molar-refractivity contribution in [2.75, 3.05) is 33.1 Å². The number of pyridine rings is 3. The number of carbonyl (C=O) groups is 1. The molecule has 0 saturated carbocycles. The highest BCUT2D eigenvalue weighted by Gasteiger charge is 2.16. The van der Waals surface area contributed by atoms with E-state index in [9.17, 15) is 9.18 Å². The Balaban J connectivity index is 1.38. The summed E-state index contributed by atoms with van der Waals surface area (Å²) in [5, 5.41) is 12.1. The van der Waals surface area contributed by atoms with Gasteiger partial charge in [-0.25, -0.2) is 9.37 Å². The second-order valence-corrected chi connectivity index (χ2v) is 9.65. The summed E-state index contributed by atoms with van der Waals surface area (Å²) in [6.45, 7) is 0.268.